The average molecular weight is 234 g/mol. The van der Waals surface area contributed by atoms with Gasteiger partial charge in [0.05, 0.1) is 12.7 Å². The molecule has 0 saturated heterocycles. The minimum absolute atomic E-state index is 0.0447. The molecule has 17 heavy (non-hydrogen) atoms. The molecule has 90 valence electrons. The maximum absolute atomic E-state index is 11.8. The summed E-state index contributed by atoms with van der Waals surface area (Å²) in [6.07, 6.45) is 4.95. The molecule has 0 spiro atoms. The van der Waals surface area contributed by atoms with Crippen molar-refractivity contribution < 1.29 is 4.79 Å². The number of H-pyrrole nitrogens is 1. The van der Waals surface area contributed by atoms with Crippen molar-refractivity contribution in [3.05, 3.63) is 30.2 Å². The van der Waals surface area contributed by atoms with Gasteiger partial charge in [0.2, 0.25) is 0 Å². The highest BCUT2D eigenvalue weighted by molar-refractivity contribution is 5.98. The van der Waals surface area contributed by atoms with Gasteiger partial charge in [0.15, 0.2) is 0 Å². The Morgan fingerprint density at radius 2 is 2.53 bits per heavy atom. The van der Waals surface area contributed by atoms with Crippen molar-refractivity contribution in [2.45, 2.75) is 19.5 Å². The molecule has 2 aromatic rings. The Morgan fingerprint density at radius 1 is 1.71 bits per heavy atom. The molecule has 0 fully saturated rings. The highest BCUT2D eigenvalue weighted by atomic mass is 16.1. The lowest BCUT2D eigenvalue weighted by Crippen LogP contribution is -2.35. The molecule has 0 radical (unpaired) electrons. The topological polar surface area (TPSA) is 102 Å². The van der Waals surface area contributed by atoms with Gasteiger partial charge in [-0.2, -0.15) is 10.2 Å². The van der Waals surface area contributed by atoms with E-state index in [0.717, 1.165) is 0 Å². The number of nitrogens with two attached hydrogens (primary N) is 1. The van der Waals surface area contributed by atoms with E-state index in [-0.39, 0.29) is 17.8 Å². The second-order valence-electron chi connectivity index (χ2n) is 3.80. The number of amides is 1. The summed E-state index contributed by atoms with van der Waals surface area (Å²) in [5.41, 5.74) is 5.92. The van der Waals surface area contributed by atoms with Gasteiger partial charge >= 0.3 is 0 Å². The first-order valence-electron chi connectivity index (χ1n) is 5.24. The molecular formula is C10H14N6O. The van der Waals surface area contributed by atoms with Crippen LogP contribution in [0.15, 0.2) is 24.7 Å². The number of hydrogen-bond acceptors (Lipinski definition) is 4. The van der Waals surface area contributed by atoms with Crippen molar-refractivity contribution in [3.63, 3.8) is 0 Å². The van der Waals surface area contributed by atoms with Crippen LogP contribution in [-0.4, -0.2) is 31.9 Å². The van der Waals surface area contributed by atoms with E-state index < -0.39 is 0 Å². The molecule has 1 unspecified atom stereocenters. The first kappa shape index (κ1) is 11.2. The van der Waals surface area contributed by atoms with Crippen molar-refractivity contribution in [2.24, 2.45) is 0 Å². The number of nitrogens with one attached hydrogen (secondary N) is 2. The molecule has 2 aromatic heterocycles. The minimum atomic E-state index is -0.240. The fourth-order valence-corrected chi connectivity index (χ4v) is 1.51. The average Bonchev–Trinajstić information content (AvgIpc) is 2.88. The summed E-state index contributed by atoms with van der Waals surface area (Å²) in [7, 11) is 0. The third kappa shape index (κ3) is 2.63. The van der Waals surface area contributed by atoms with E-state index in [1.54, 1.807) is 10.9 Å². The zero-order valence-electron chi connectivity index (χ0n) is 9.42. The van der Waals surface area contributed by atoms with E-state index in [1.807, 2.05) is 19.2 Å². The second kappa shape index (κ2) is 4.69. The van der Waals surface area contributed by atoms with E-state index in [2.05, 4.69) is 20.6 Å². The van der Waals surface area contributed by atoms with Crippen LogP contribution in [0.3, 0.4) is 0 Å². The molecule has 0 aliphatic heterocycles. The second-order valence-corrected chi connectivity index (χ2v) is 3.80. The summed E-state index contributed by atoms with van der Waals surface area (Å²) in [5.74, 6) is 0.0321. The van der Waals surface area contributed by atoms with Crippen LogP contribution in [0.4, 0.5) is 5.82 Å². The smallest absolute Gasteiger partial charge is 0.256 e. The van der Waals surface area contributed by atoms with Crippen molar-refractivity contribution in [1.29, 1.82) is 0 Å². The molecule has 2 heterocycles. The van der Waals surface area contributed by atoms with Gasteiger partial charge in [-0.1, -0.05) is 0 Å². The molecule has 2 rings (SSSR count). The first-order valence-corrected chi connectivity index (χ1v) is 5.24. The monoisotopic (exact) mass is 234 g/mol. The van der Waals surface area contributed by atoms with Crippen LogP contribution in [-0.2, 0) is 6.54 Å². The number of rotatable bonds is 4. The number of carbonyl (C=O) groups is 1. The number of aromatic nitrogens is 4. The minimum Gasteiger partial charge on any atom is -0.383 e. The maximum Gasteiger partial charge on any atom is 0.256 e. The van der Waals surface area contributed by atoms with E-state index in [1.165, 1.54) is 6.20 Å². The third-order valence-electron chi connectivity index (χ3n) is 2.31. The lowest BCUT2D eigenvalue weighted by molar-refractivity contribution is 0.0937. The number of carbonyl (C=O) groups excluding carboxylic acids is 1. The van der Waals surface area contributed by atoms with Gasteiger partial charge < -0.3 is 11.1 Å². The largest absolute Gasteiger partial charge is 0.383 e. The van der Waals surface area contributed by atoms with Gasteiger partial charge in [-0.3, -0.25) is 14.6 Å². The summed E-state index contributed by atoms with van der Waals surface area (Å²) >= 11 is 0. The number of nitrogens with zero attached hydrogens (tertiary/aromatic N) is 3. The Morgan fingerprint density at radius 3 is 3.12 bits per heavy atom. The molecule has 0 aliphatic rings. The van der Waals surface area contributed by atoms with Gasteiger partial charge in [-0.05, 0) is 13.0 Å². The first-order chi connectivity index (χ1) is 8.16. The zero-order valence-corrected chi connectivity index (χ0v) is 9.42. The van der Waals surface area contributed by atoms with Crippen molar-refractivity contribution in [3.8, 4) is 0 Å². The quantitative estimate of drug-likeness (QED) is 0.693. The van der Waals surface area contributed by atoms with Gasteiger partial charge in [0.25, 0.3) is 5.91 Å². The van der Waals surface area contributed by atoms with Gasteiger partial charge in [-0.25, -0.2) is 0 Å². The zero-order chi connectivity index (χ0) is 12.3. The maximum atomic E-state index is 11.8. The van der Waals surface area contributed by atoms with Crippen LogP contribution >= 0.6 is 0 Å². The molecule has 0 aromatic carbocycles. The lowest BCUT2D eigenvalue weighted by Gasteiger charge is -2.13. The van der Waals surface area contributed by atoms with Crippen molar-refractivity contribution in [1.82, 2.24) is 25.3 Å². The molecule has 0 bridgehead atoms. The molecular weight excluding hydrogens is 220 g/mol. The summed E-state index contributed by atoms with van der Waals surface area (Å²) in [4.78, 5) is 11.8. The van der Waals surface area contributed by atoms with Gasteiger partial charge in [0.1, 0.15) is 11.4 Å². The predicted octanol–water partition coefficient (Wildman–Crippen LogP) is 0.00690. The molecule has 0 saturated carbocycles. The Labute approximate surface area is 98.0 Å². The van der Waals surface area contributed by atoms with Crippen molar-refractivity contribution >= 4 is 11.7 Å². The fraction of sp³-hybridized carbons (Fsp3) is 0.300. The molecule has 4 N–H and O–H groups in total. The van der Waals surface area contributed by atoms with E-state index in [9.17, 15) is 4.79 Å². The fourth-order valence-electron chi connectivity index (χ4n) is 1.51. The van der Waals surface area contributed by atoms with E-state index in [4.69, 9.17) is 5.73 Å². The highest BCUT2D eigenvalue weighted by Crippen LogP contribution is 2.05. The normalized spacial score (nSPS) is 12.3. The molecule has 1 atom stereocenters. The number of hydrogen-bond donors (Lipinski definition) is 3. The summed E-state index contributed by atoms with van der Waals surface area (Å²) in [6.45, 7) is 2.51. The van der Waals surface area contributed by atoms with Gasteiger partial charge in [-0.15, -0.1) is 0 Å². The lowest BCUT2D eigenvalue weighted by atomic mass is 10.2. The van der Waals surface area contributed by atoms with E-state index in [0.29, 0.717) is 12.1 Å². The van der Waals surface area contributed by atoms with Crippen molar-refractivity contribution in [2.75, 3.05) is 5.73 Å². The Balaban J connectivity index is 1.93. The number of anilines is 1. The van der Waals surface area contributed by atoms with Gasteiger partial charge in [0, 0.05) is 18.4 Å². The van der Waals surface area contributed by atoms with Crippen LogP contribution in [0.2, 0.25) is 0 Å². The summed E-state index contributed by atoms with van der Waals surface area (Å²) in [6, 6.07) is 1.79. The molecule has 1 amide bonds. The standard InChI is InChI=1S/C10H14N6O/c1-7(6-16-4-2-3-13-16)14-10(17)8-5-12-15-9(8)11/h2-5,7H,6H2,1H3,(H,14,17)(H3,11,12,15). The SMILES string of the molecule is CC(Cn1cccn1)NC(=O)c1cn[nH]c1N. The highest BCUT2D eigenvalue weighted by Gasteiger charge is 2.14. The Kier molecular flexibility index (Phi) is 3.08. The molecule has 0 aliphatic carbocycles. The van der Waals surface area contributed by atoms with Crippen LogP contribution in [0.5, 0.6) is 0 Å². The Bertz CT molecular complexity index is 489. The third-order valence-corrected chi connectivity index (χ3v) is 2.31. The molecule has 7 nitrogen and oxygen atoms in total. The van der Waals surface area contributed by atoms with Crippen LogP contribution in [0, 0.1) is 0 Å². The number of aromatic amines is 1. The van der Waals surface area contributed by atoms with Crippen LogP contribution in [0.25, 0.3) is 0 Å². The molecule has 7 heteroatoms. The van der Waals surface area contributed by atoms with Crippen LogP contribution < -0.4 is 11.1 Å². The predicted molar refractivity (Wildman–Crippen MR) is 62.2 cm³/mol. The number of nitrogen functional groups attached to an aromatic ring is 1. The van der Waals surface area contributed by atoms with Crippen LogP contribution in [0.1, 0.15) is 17.3 Å². The Hall–Kier alpha value is -2.31. The van der Waals surface area contributed by atoms with E-state index >= 15 is 0 Å². The summed E-state index contributed by atoms with van der Waals surface area (Å²) < 4.78 is 1.75. The summed E-state index contributed by atoms with van der Waals surface area (Å²) in [5, 5.41) is 13.1.